The van der Waals surface area contributed by atoms with Crippen LogP contribution in [0, 0.1) is 16.9 Å². The van der Waals surface area contributed by atoms with Crippen molar-refractivity contribution >= 4 is 11.6 Å². The van der Waals surface area contributed by atoms with E-state index >= 15 is 0 Å². The molecule has 1 aromatic rings. The Bertz CT molecular complexity index is 606. The van der Waals surface area contributed by atoms with Crippen LogP contribution >= 0.6 is 0 Å². The number of carbonyl (C=O) groups is 1. The monoisotopic (exact) mass is 298 g/mol. The molecule has 0 aliphatic rings. The summed E-state index contributed by atoms with van der Waals surface area (Å²) < 4.78 is 38.4. The highest BCUT2D eigenvalue weighted by Crippen LogP contribution is 2.33. The van der Waals surface area contributed by atoms with Crippen molar-refractivity contribution in [3.63, 3.8) is 0 Å². The van der Waals surface area contributed by atoms with Crippen LogP contribution in [0.15, 0.2) is 23.3 Å². The molecule has 0 bridgehead atoms. The third-order valence-electron chi connectivity index (χ3n) is 3.13. The number of hydrogen-bond donors (Lipinski definition) is 2. The van der Waals surface area contributed by atoms with Crippen molar-refractivity contribution in [3.8, 4) is 6.07 Å². The normalized spacial score (nSPS) is 13.9. The molecule has 112 valence electrons. The molecule has 8 heteroatoms. The standard InChI is InChI=1S/C13H13F3N4O/c1-3-12(2,20-18)11(21)19-9-5-4-8(7-17)10(6-9)13(14,15)16/h4-6,18H,3H2,1-2H3,(H,19,21). The summed E-state index contributed by atoms with van der Waals surface area (Å²) in [6, 6.07) is 4.33. The molecule has 1 amide bonds. The number of halogens is 3. The summed E-state index contributed by atoms with van der Waals surface area (Å²) in [5.74, 6) is -0.683. The van der Waals surface area contributed by atoms with E-state index in [2.05, 4.69) is 10.4 Å². The van der Waals surface area contributed by atoms with Gasteiger partial charge in [-0.1, -0.05) is 6.92 Å². The van der Waals surface area contributed by atoms with Gasteiger partial charge < -0.3 is 5.32 Å². The molecule has 2 N–H and O–H groups in total. The van der Waals surface area contributed by atoms with Gasteiger partial charge in [0.1, 0.15) is 0 Å². The molecule has 0 spiro atoms. The maximum Gasteiger partial charge on any atom is 0.417 e. The van der Waals surface area contributed by atoms with Crippen LogP contribution in [0.5, 0.6) is 0 Å². The van der Waals surface area contributed by atoms with Gasteiger partial charge in [-0.3, -0.25) is 4.79 Å². The van der Waals surface area contributed by atoms with E-state index in [4.69, 9.17) is 10.8 Å². The Morgan fingerprint density at radius 2 is 2.10 bits per heavy atom. The first-order valence-corrected chi connectivity index (χ1v) is 5.99. The van der Waals surface area contributed by atoms with E-state index in [0.717, 1.165) is 6.07 Å². The Morgan fingerprint density at radius 3 is 2.52 bits per heavy atom. The topological polar surface area (TPSA) is 89.1 Å². The molecule has 21 heavy (non-hydrogen) atoms. The highest BCUT2D eigenvalue weighted by Gasteiger charge is 2.35. The Kier molecular flexibility index (Phi) is 4.68. The Hall–Kier alpha value is -2.43. The Labute approximate surface area is 119 Å². The van der Waals surface area contributed by atoms with Crippen molar-refractivity contribution in [1.82, 2.24) is 0 Å². The van der Waals surface area contributed by atoms with Crippen molar-refractivity contribution < 1.29 is 18.0 Å². The van der Waals surface area contributed by atoms with Crippen molar-refractivity contribution in [3.05, 3.63) is 29.3 Å². The van der Waals surface area contributed by atoms with Crippen molar-refractivity contribution in [2.24, 2.45) is 5.11 Å². The van der Waals surface area contributed by atoms with Crippen molar-refractivity contribution in [1.29, 1.82) is 10.8 Å². The average Bonchev–Trinajstić information content (AvgIpc) is 2.45. The number of nitrogens with zero attached hydrogens (tertiary/aromatic N) is 2. The van der Waals surface area contributed by atoms with Gasteiger partial charge in [-0.05, 0) is 31.5 Å². The minimum atomic E-state index is -4.69. The minimum absolute atomic E-state index is 0.102. The first kappa shape index (κ1) is 16.6. The van der Waals surface area contributed by atoms with Gasteiger partial charge in [0, 0.05) is 5.69 Å². The molecule has 1 unspecified atom stereocenters. The average molecular weight is 298 g/mol. The molecular formula is C13H13F3N4O. The van der Waals surface area contributed by atoms with Gasteiger partial charge in [0.15, 0.2) is 5.54 Å². The summed E-state index contributed by atoms with van der Waals surface area (Å²) in [5, 5.41) is 14.2. The van der Waals surface area contributed by atoms with Crippen LogP contribution in [0.25, 0.3) is 0 Å². The number of amides is 1. The summed E-state index contributed by atoms with van der Waals surface area (Å²) >= 11 is 0. The quantitative estimate of drug-likeness (QED) is 0.830. The van der Waals surface area contributed by atoms with Crippen LogP contribution in [0.1, 0.15) is 31.4 Å². The van der Waals surface area contributed by atoms with E-state index in [-0.39, 0.29) is 12.1 Å². The fourth-order valence-electron chi connectivity index (χ4n) is 1.51. The Balaban J connectivity index is 3.15. The van der Waals surface area contributed by atoms with Crippen LogP contribution in [0.2, 0.25) is 0 Å². The highest BCUT2D eigenvalue weighted by atomic mass is 19.4. The largest absolute Gasteiger partial charge is 0.417 e. The number of anilines is 1. The minimum Gasteiger partial charge on any atom is -0.324 e. The van der Waals surface area contributed by atoms with E-state index in [9.17, 15) is 18.0 Å². The summed E-state index contributed by atoms with van der Waals surface area (Å²) in [7, 11) is 0. The number of nitriles is 1. The third kappa shape index (κ3) is 3.56. The molecule has 0 radical (unpaired) electrons. The molecule has 0 saturated heterocycles. The number of carbonyl (C=O) groups excluding carboxylic acids is 1. The lowest BCUT2D eigenvalue weighted by molar-refractivity contribution is -0.137. The third-order valence-corrected chi connectivity index (χ3v) is 3.13. The zero-order valence-corrected chi connectivity index (χ0v) is 11.4. The molecule has 0 fully saturated rings. The highest BCUT2D eigenvalue weighted by molar-refractivity contribution is 5.98. The van der Waals surface area contributed by atoms with Crippen molar-refractivity contribution in [2.45, 2.75) is 32.0 Å². The van der Waals surface area contributed by atoms with Gasteiger partial charge in [-0.15, -0.1) is 0 Å². The van der Waals surface area contributed by atoms with E-state index in [0.29, 0.717) is 6.07 Å². The predicted molar refractivity (Wildman–Crippen MR) is 68.6 cm³/mol. The molecule has 0 saturated carbocycles. The van der Waals surface area contributed by atoms with Gasteiger partial charge >= 0.3 is 6.18 Å². The molecule has 1 aromatic carbocycles. The van der Waals surface area contributed by atoms with Crippen LogP contribution in [0.4, 0.5) is 18.9 Å². The lowest BCUT2D eigenvalue weighted by Crippen LogP contribution is -2.37. The van der Waals surface area contributed by atoms with Crippen LogP contribution in [0.3, 0.4) is 0 Å². The second kappa shape index (κ2) is 5.91. The number of alkyl halides is 3. The van der Waals surface area contributed by atoms with E-state index in [1.54, 1.807) is 6.92 Å². The van der Waals surface area contributed by atoms with Gasteiger partial charge in [-0.2, -0.15) is 23.5 Å². The summed E-state index contributed by atoms with van der Waals surface area (Å²) in [6.07, 6.45) is -4.47. The number of hydrogen-bond acceptors (Lipinski definition) is 4. The van der Waals surface area contributed by atoms with Crippen LogP contribution in [-0.4, -0.2) is 11.4 Å². The van der Waals surface area contributed by atoms with Gasteiger partial charge in [0.25, 0.3) is 5.91 Å². The van der Waals surface area contributed by atoms with Gasteiger partial charge in [0.05, 0.1) is 17.2 Å². The van der Waals surface area contributed by atoms with Gasteiger partial charge in [0.2, 0.25) is 0 Å². The number of rotatable bonds is 4. The summed E-state index contributed by atoms with van der Waals surface area (Å²) in [4.78, 5) is 11.9. The van der Waals surface area contributed by atoms with Crippen molar-refractivity contribution in [2.75, 3.05) is 5.32 Å². The van der Waals surface area contributed by atoms with E-state index < -0.39 is 28.7 Å². The molecule has 1 rings (SSSR count). The predicted octanol–water partition coefficient (Wildman–Crippen LogP) is 3.72. The molecule has 5 nitrogen and oxygen atoms in total. The second-order valence-corrected chi connectivity index (χ2v) is 4.56. The zero-order chi connectivity index (χ0) is 16.3. The van der Waals surface area contributed by atoms with E-state index in [1.165, 1.54) is 19.1 Å². The first-order chi connectivity index (χ1) is 9.67. The smallest absolute Gasteiger partial charge is 0.324 e. The maximum atomic E-state index is 12.8. The lowest BCUT2D eigenvalue weighted by Gasteiger charge is -2.20. The molecular weight excluding hydrogens is 285 g/mol. The molecule has 0 aliphatic heterocycles. The second-order valence-electron chi connectivity index (χ2n) is 4.56. The molecule has 0 aliphatic carbocycles. The number of nitrogens with one attached hydrogen (secondary N) is 2. The lowest BCUT2D eigenvalue weighted by atomic mass is 9.99. The molecule has 0 heterocycles. The first-order valence-electron chi connectivity index (χ1n) is 5.99. The Morgan fingerprint density at radius 1 is 1.48 bits per heavy atom. The summed E-state index contributed by atoms with van der Waals surface area (Å²) in [6.45, 7) is 3.04. The fourth-order valence-corrected chi connectivity index (χ4v) is 1.51. The molecule has 0 aromatic heterocycles. The fraction of sp³-hybridized carbons (Fsp3) is 0.385. The van der Waals surface area contributed by atoms with Crippen LogP contribution in [-0.2, 0) is 11.0 Å². The van der Waals surface area contributed by atoms with Crippen LogP contribution < -0.4 is 5.32 Å². The number of benzene rings is 1. The zero-order valence-electron chi connectivity index (χ0n) is 11.4. The van der Waals surface area contributed by atoms with E-state index in [1.807, 2.05) is 0 Å². The summed E-state index contributed by atoms with van der Waals surface area (Å²) in [5.41, 5.74) is 3.91. The van der Waals surface area contributed by atoms with Gasteiger partial charge in [-0.25, -0.2) is 5.53 Å². The molecule has 1 atom stereocenters. The maximum absolute atomic E-state index is 12.8. The SMILES string of the molecule is CCC(C)(N=N)C(=O)Nc1ccc(C#N)c(C(F)(F)F)c1.